The molecule has 2 N–H and O–H groups in total. The molecule has 0 saturated heterocycles. The number of carboxylic acid groups (broad SMARTS) is 1. The minimum atomic E-state index is -0.857. The van der Waals surface area contributed by atoms with E-state index in [1.165, 1.54) is 0 Å². The normalized spacial score (nSPS) is 16.1. The first-order valence-corrected chi connectivity index (χ1v) is 6.58. The van der Waals surface area contributed by atoms with E-state index in [9.17, 15) is 9.59 Å². The van der Waals surface area contributed by atoms with Crippen molar-refractivity contribution in [3.63, 3.8) is 0 Å². The van der Waals surface area contributed by atoms with E-state index in [0.29, 0.717) is 23.4 Å². The zero-order valence-electron chi connectivity index (χ0n) is 9.37. The fourth-order valence-corrected chi connectivity index (χ4v) is 2.39. The van der Waals surface area contributed by atoms with Gasteiger partial charge in [0.25, 0.3) is 5.91 Å². The quantitative estimate of drug-likeness (QED) is 0.891. The lowest BCUT2D eigenvalue weighted by molar-refractivity contribution is -0.143. The molecule has 0 heterocycles. The first-order chi connectivity index (χ1) is 8.44. The molecule has 6 heteroatoms. The molecule has 0 atom stereocenters. The van der Waals surface area contributed by atoms with E-state index in [1.54, 1.807) is 18.2 Å². The number of amides is 1. The van der Waals surface area contributed by atoms with E-state index >= 15 is 0 Å². The minimum absolute atomic E-state index is 0.146. The van der Waals surface area contributed by atoms with E-state index in [2.05, 4.69) is 21.2 Å². The van der Waals surface area contributed by atoms with E-state index in [-0.39, 0.29) is 12.5 Å². The Bertz CT molecular complexity index is 514. The molecule has 0 aromatic heterocycles. The summed E-state index contributed by atoms with van der Waals surface area (Å²) in [5, 5.41) is 12.0. The number of benzene rings is 1. The number of aliphatic carboxylic acids is 1. The lowest BCUT2D eigenvalue weighted by Crippen LogP contribution is -2.34. The van der Waals surface area contributed by atoms with Crippen molar-refractivity contribution in [3.8, 4) is 0 Å². The van der Waals surface area contributed by atoms with Crippen LogP contribution in [0.15, 0.2) is 22.7 Å². The summed E-state index contributed by atoms with van der Waals surface area (Å²) in [7, 11) is 0. The highest BCUT2D eigenvalue weighted by atomic mass is 79.9. The highest BCUT2D eigenvalue weighted by Gasteiger charge is 2.50. The number of carbonyl (C=O) groups is 2. The Morgan fingerprint density at radius 1 is 1.44 bits per heavy atom. The summed E-state index contributed by atoms with van der Waals surface area (Å²) in [6.07, 6.45) is 1.22. The topological polar surface area (TPSA) is 66.4 Å². The Morgan fingerprint density at radius 2 is 2.11 bits per heavy atom. The molecule has 96 valence electrons. The van der Waals surface area contributed by atoms with E-state index in [0.717, 1.165) is 4.47 Å². The van der Waals surface area contributed by atoms with Crippen LogP contribution in [0.5, 0.6) is 0 Å². The number of carboxylic acids is 1. The van der Waals surface area contributed by atoms with Gasteiger partial charge in [0.05, 0.1) is 16.0 Å². The molecular weight excluding hydrogens is 321 g/mol. The van der Waals surface area contributed by atoms with Crippen LogP contribution in [0.2, 0.25) is 5.02 Å². The first-order valence-electron chi connectivity index (χ1n) is 5.41. The number of nitrogens with one attached hydrogen (secondary N) is 1. The maximum atomic E-state index is 11.9. The van der Waals surface area contributed by atoms with Gasteiger partial charge in [-0.15, -0.1) is 0 Å². The van der Waals surface area contributed by atoms with Crippen molar-refractivity contribution in [2.24, 2.45) is 5.41 Å². The zero-order valence-corrected chi connectivity index (χ0v) is 11.7. The van der Waals surface area contributed by atoms with Crippen molar-refractivity contribution >= 4 is 39.4 Å². The van der Waals surface area contributed by atoms with Crippen LogP contribution in [-0.4, -0.2) is 23.5 Å². The van der Waals surface area contributed by atoms with E-state index in [1.807, 2.05) is 0 Å². The van der Waals surface area contributed by atoms with E-state index in [4.69, 9.17) is 16.7 Å². The van der Waals surface area contributed by atoms with Crippen LogP contribution in [0.4, 0.5) is 0 Å². The lowest BCUT2D eigenvalue weighted by atomic mass is 10.1. The van der Waals surface area contributed by atoms with E-state index < -0.39 is 11.4 Å². The number of rotatable bonds is 4. The molecule has 1 aliphatic carbocycles. The van der Waals surface area contributed by atoms with Gasteiger partial charge in [0.1, 0.15) is 0 Å². The summed E-state index contributed by atoms with van der Waals surface area (Å²) in [6, 6.07) is 4.94. The Hall–Kier alpha value is -1.07. The van der Waals surface area contributed by atoms with Crippen molar-refractivity contribution in [3.05, 3.63) is 33.3 Å². The third-order valence-electron chi connectivity index (χ3n) is 3.07. The van der Waals surface area contributed by atoms with Gasteiger partial charge in [-0.3, -0.25) is 9.59 Å². The van der Waals surface area contributed by atoms with Gasteiger partial charge >= 0.3 is 5.97 Å². The standard InChI is InChI=1S/C12H11BrClNO3/c13-7-1-2-8(9(14)5-7)10(16)15-6-12(3-4-12)11(17)18/h1-2,5H,3-4,6H2,(H,15,16)(H,17,18). The first kappa shape index (κ1) is 13.4. The molecule has 1 amide bonds. The van der Waals surface area contributed by atoms with Crippen LogP contribution in [-0.2, 0) is 4.79 Å². The third-order valence-corrected chi connectivity index (χ3v) is 3.88. The van der Waals surface area contributed by atoms with Crippen LogP contribution in [0.25, 0.3) is 0 Å². The van der Waals surface area contributed by atoms with Crippen molar-refractivity contribution in [2.45, 2.75) is 12.8 Å². The van der Waals surface area contributed by atoms with Crippen LogP contribution >= 0.6 is 27.5 Å². The van der Waals surface area contributed by atoms with Crippen LogP contribution < -0.4 is 5.32 Å². The van der Waals surface area contributed by atoms with Gasteiger partial charge in [-0.25, -0.2) is 0 Å². The Morgan fingerprint density at radius 3 is 2.61 bits per heavy atom. The largest absolute Gasteiger partial charge is 0.481 e. The monoisotopic (exact) mass is 331 g/mol. The highest BCUT2D eigenvalue weighted by molar-refractivity contribution is 9.10. The van der Waals surface area contributed by atoms with Gasteiger partial charge in [0.15, 0.2) is 0 Å². The molecule has 18 heavy (non-hydrogen) atoms. The van der Waals surface area contributed by atoms with Crippen LogP contribution in [0.3, 0.4) is 0 Å². The van der Waals surface area contributed by atoms with Gasteiger partial charge in [-0.2, -0.15) is 0 Å². The molecular formula is C12H11BrClNO3. The summed E-state index contributed by atoms with van der Waals surface area (Å²) in [4.78, 5) is 22.8. The fourth-order valence-electron chi connectivity index (χ4n) is 1.64. The molecule has 0 radical (unpaired) electrons. The van der Waals surface area contributed by atoms with Gasteiger partial charge in [-0.05, 0) is 31.0 Å². The average molecular weight is 333 g/mol. The molecule has 1 fully saturated rings. The molecule has 0 aliphatic heterocycles. The predicted molar refractivity (Wildman–Crippen MR) is 70.8 cm³/mol. The molecule has 0 spiro atoms. The smallest absolute Gasteiger partial charge is 0.311 e. The molecule has 1 aliphatic rings. The van der Waals surface area contributed by atoms with Crippen molar-refractivity contribution in [1.82, 2.24) is 5.32 Å². The second-order valence-corrected chi connectivity index (χ2v) is 5.72. The summed E-state index contributed by atoms with van der Waals surface area (Å²) in [6.45, 7) is 0.146. The fraction of sp³-hybridized carbons (Fsp3) is 0.333. The van der Waals surface area contributed by atoms with Crippen molar-refractivity contribution in [1.29, 1.82) is 0 Å². The third kappa shape index (κ3) is 2.67. The van der Waals surface area contributed by atoms with Crippen molar-refractivity contribution in [2.75, 3.05) is 6.54 Å². The van der Waals surface area contributed by atoms with Gasteiger partial charge in [-0.1, -0.05) is 27.5 Å². The molecule has 4 nitrogen and oxygen atoms in total. The molecule has 2 rings (SSSR count). The SMILES string of the molecule is O=C(NCC1(C(=O)O)CC1)c1ccc(Br)cc1Cl. The maximum Gasteiger partial charge on any atom is 0.311 e. The minimum Gasteiger partial charge on any atom is -0.481 e. The average Bonchev–Trinajstić information content (AvgIpc) is 3.07. The molecule has 1 aromatic rings. The van der Waals surface area contributed by atoms with Crippen LogP contribution in [0.1, 0.15) is 23.2 Å². The Balaban J connectivity index is 2.02. The Kier molecular flexibility index (Phi) is 3.64. The Labute approximate surface area is 117 Å². The molecule has 1 aromatic carbocycles. The van der Waals surface area contributed by atoms with Gasteiger partial charge < -0.3 is 10.4 Å². The summed E-state index contributed by atoms with van der Waals surface area (Å²) < 4.78 is 0.785. The van der Waals surface area contributed by atoms with Crippen LogP contribution in [0, 0.1) is 5.41 Å². The maximum absolute atomic E-state index is 11.9. The lowest BCUT2D eigenvalue weighted by Gasteiger charge is -2.11. The molecule has 0 bridgehead atoms. The predicted octanol–water partition coefficient (Wildman–Crippen LogP) is 2.70. The van der Waals surface area contributed by atoms with Gasteiger partial charge in [0.2, 0.25) is 0 Å². The second-order valence-electron chi connectivity index (χ2n) is 4.39. The molecule has 0 unspecified atom stereocenters. The summed E-state index contributed by atoms with van der Waals surface area (Å²) >= 11 is 9.20. The molecule has 1 saturated carbocycles. The second kappa shape index (κ2) is 4.90. The van der Waals surface area contributed by atoms with Crippen molar-refractivity contribution < 1.29 is 14.7 Å². The highest BCUT2D eigenvalue weighted by Crippen LogP contribution is 2.45. The summed E-state index contributed by atoms with van der Waals surface area (Å²) in [5.41, 5.74) is -0.418. The zero-order chi connectivity index (χ0) is 13.3. The number of halogens is 2. The number of hydrogen-bond acceptors (Lipinski definition) is 2. The summed E-state index contributed by atoms with van der Waals surface area (Å²) in [5.74, 6) is -1.20. The van der Waals surface area contributed by atoms with Gasteiger partial charge in [0, 0.05) is 11.0 Å². The number of carbonyl (C=O) groups excluding carboxylic acids is 1. The number of hydrogen-bond donors (Lipinski definition) is 2.